The number of imidazole rings is 1. The van der Waals surface area contributed by atoms with Crippen LogP contribution in [0.25, 0.3) is 16.5 Å². The molecule has 0 aromatic carbocycles. The van der Waals surface area contributed by atoms with Crippen LogP contribution < -0.4 is 5.69 Å². The molecular formula is C18H10ClF3N4O2S. The molecule has 0 fully saturated rings. The third-order valence-corrected chi connectivity index (χ3v) is 5.38. The monoisotopic (exact) mass is 438 g/mol. The maximum atomic E-state index is 12.7. The second kappa shape index (κ2) is 7.12. The zero-order valence-corrected chi connectivity index (χ0v) is 15.9. The fourth-order valence-electron chi connectivity index (χ4n) is 2.82. The minimum absolute atomic E-state index is 0.177. The molecule has 0 amide bonds. The van der Waals surface area contributed by atoms with Crippen molar-refractivity contribution in [2.45, 2.75) is 12.7 Å². The van der Waals surface area contributed by atoms with Crippen LogP contribution in [0, 0.1) is 0 Å². The van der Waals surface area contributed by atoms with Crippen molar-refractivity contribution in [3.63, 3.8) is 0 Å². The smallest absolute Gasteiger partial charge is 0.327 e. The summed E-state index contributed by atoms with van der Waals surface area (Å²) in [5.41, 5.74) is 0.581. The number of ketones is 1. The summed E-state index contributed by atoms with van der Waals surface area (Å²) in [4.78, 5) is 31.5. The maximum Gasteiger partial charge on any atom is 0.455 e. The van der Waals surface area contributed by atoms with E-state index < -0.39 is 22.5 Å². The number of halogens is 4. The number of hydrogen-bond donors (Lipinski definition) is 0. The molecule has 2 aromatic heterocycles. The van der Waals surface area contributed by atoms with Crippen molar-refractivity contribution in [1.82, 2.24) is 19.1 Å². The van der Waals surface area contributed by atoms with Gasteiger partial charge >= 0.3 is 11.9 Å². The van der Waals surface area contributed by atoms with Crippen LogP contribution in [0.1, 0.15) is 15.2 Å². The van der Waals surface area contributed by atoms with Gasteiger partial charge in [0.05, 0.1) is 17.1 Å². The molecule has 0 spiro atoms. The van der Waals surface area contributed by atoms with Gasteiger partial charge in [-0.3, -0.25) is 4.79 Å². The van der Waals surface area contributed by atoms with E-state index in [1.165, 1.54) is 10.6 Å². The summed E-state index contributed by atoms with van der Waals surface area (Å²) in [5, 5.41) is 0.529. The van der Waals surface area contributed by atoms with Gasteiger partial charge in [0.25, 0.3) is 5.78 Å². The van der Waals surface area contributed by atoms with Crippen molar-refractivity contribution in [2.75, 3.05) is 0 Å². The van der Waals surface area contributed by atoms with Gasteiger partial charge in [-0.25, -0.2) is 14.3 Å². The van der Waals surface area contributed by atoms with Crippen molar-refractivity contribution < 1.29 is 18.0 Å². The zero-order chi connectivity index (χ0) is 20.8. The molecule has 29 heavy (non-hydrogen) atoms. The van der Waals surface area contributed by atoms with Crippen LogP contribution in [0.5, 0.6) is 0 Å². The van der Waals surface area contributed by atoms with E-state index in [1.54, 1.807) is 41.2 Å². The second-order valence-corrected chi connectivity index (χ2v) is 7.48. The van der Waals surface area contributed by atoms with Gasteiger partial charge in [0.1, 0.15) is 10.2 Å². The number of nitrogens with zero attached hydrogens (tertiary/aromatic N) is 4. The third kappa shape index (κ3) is 3.68. The number of pyridine rings is 2. The number of aromatic nitrogens is 4. The molecule has 148 valence electrons. The van der Waals surface area contributed by atoms with E-state index in [2.05, 4.69) is 9.97 Å². The summed E-state index contributed by atoms with van der Waals surface area (Å²) in [6.07, 6.45) is -1.66. The quantitative estimate of drug-likeness (QED) is 0.356. The highest BCUT2D eigenvalue weighted by Crippen LogP contribution is 2.30. The van der Waals surface area contributed by atoms with Gasteiger partial charge in [-0.05, 0) is 35.9 Å². The SMILES string of the molecule is O=C(c1ccc(-n2c3cccn(Cc4ccc(Cl)nc4)c-3nc2=O)s1)C(F)(F)F. The van der Waals surface area contributed by atoms with Crippen molar-refractivity contribution >= 4 is 28.7 Å². The number of carbonyl (C=O) groups is 1. The normalized spacial score (nSPS) is 11.9. The van der Waals surface area contributed by atoms with Crippen molar-refractivity contribution in [3.05, 3.63) is 74.9 Å². The Morgan fingerprint density at radius 3 is 2.66 bits per heavy atom. The molecule has 6 nitrogen and oxygen atoms in total. The number of hydrogen-bond acceptors (Lipinski definition) is 5. The Kier molecular flexibility index (Phi) is 4.75. The lowest BCUT2D eigenvalue weighted by molar-refractivity contribution is -0.0882. The highest BCUT2D eigenvalue weighted by Gasteiger charge is 2.40. The van der Waals surface area contributed by atoms with E-state index >= 15 is 0 Å². The van der Waals surface area contributed by atoms with Crippen LogP contribution in [-0.2, 0) is 6.54 Å². The average Bonchev–Trinajstić information content (AvgIpc) is 3.26. The first-order valence-corrected chi connectivity index (χ1v) is 9.33. The Morgan fingerprint density at radius 1 is 1.17 bits per heavy atom. The van der Waals surface area contributed by atoms with E-state index in [4.69, 9.17) is 11.6 Å². The minimum atomic E-state index is -4.98. The minimum Gasteiger partial charge on any atom is -0.327 e. The second-order valence-electron chi connectivity index (χ2n) is 6.03. The topological polar surface area (TPSA) is 69.8 Å². The van der Waals surface area contributed by atoms with Crippen LogP contribution in [0.4, 0.5) is 13.2 Å². The fourth-order valence-corrected chi connectivity index (χ4v) is 3.90. The van der Waals surface area contributed by atoms with E-state index in [0.717, 1.165) is 11.6 Å². The summed E-state index contributed by atoms with van der Waals surface area (Å²) in [6, 6.07) is 9.10. The predicted octanol–water partition coefficient (Wildman–Crippen LogP) is 4.04. The fraction of sp³-hybridized carbons (Fsp3) is 0.111. The van der Waals surface area contributed by atoms with E-state index in [-0.39, 0.29) is 5.00 Å². The summed E-state index contributed by atoms with van der Waals surface area (Å²) >= 11 is 6.37. The molecule has 2 aliphatic rings. The molecule has 4 rings (SSSR count). The lowest BCUT2D eigenvalue weighted by atomic mass is 10.2. The third-order valence-electron chi connectivity index (χ3n) is 4.09. The van der Waals surface area contributed by atoms with Gasteiger partial charge in [0, 0.05) is 12.4 Å². The van der Waals surface area contributed by atoms with Crippen molar-refractivity contribution in [1.29, 1.82) is 0 Å². The molecule has 0 saturated heterocycles. The molecule has 0 N–H and O–H groups in total. The predicted molar refractivity (Wildman–Crippen MR) is 101 cm³/mol. The highest BCUT2D eigenvalue weighted by molar-refractivity contribution is 7.16. The molecule has 0 atom stereocenters. The standard InChI is InChI=1S/C18H10ClF3N4O2S/c19-13-5-3-10(8-23-13)9-25-7-1-2-11-16(25)24-17(28)26(11)14-6-4-12(29-14)15(27)18(20,21)22/h1-8H,9H2. The number of thiophene rings is 1. The Morgan fingerprint density at radius 2 is 1.97 bits per heavy atom. The molecule has 11 heteroatoms. The zero-order valence-electron chi connectivity index (χ0n) is 14.4. The molecular weight excluding hydrogens is 429 g/mol. The lowest BCUT2D eigenvalue weighted by Gasteiger charge is -2.12. The van der Waals surface area contributed by atoms with Gasteiger partial charge in [-0.1, -0.05) is 17.7 Å². The number of rotatable bonds is 4. The molecule has 0 radical (unpaired) electrons. The highest BCUT2D eigenvalue weighted by atomic mass is 35.5. The summed E-state index contributed by atoms with van der Waals surface area (Å²) in [7, 11) is 0. The van der Waals surface area contributed by atoms with E-state index in [0.29, 0.717) is 34.6 Å². The molecule has 2 aromatic rings. The average molecular weight is 439 g/mol. The Balaban J connectivity index is 1.72. The van der Waals surface area contributed by atoms with Crippen LogP contribution in [0.2, 0.25) is 5.15 Å². The van der Waals surface area contributed by atoms with E-state index in [9.17, 15) is 22.8 Å². The van der Waals surface area contributed by atoms with Gasteiger partial charge in [-0.2, -0.15) is 18.2 Å². The molecule has 0 saturated carbocycles. The first kappa shape index (κ1) is 19.3. The van der Waals surface area contributed by atoms with Crippen molar-refractivity contribution in [2.24, 2.45) is 0 Å². The number of carbonyl (C=O) groups excluding carboxylic acids is 1. The Hall–Kier alpha value is -2.98. The van der Waals surface area contributed by atoms with Gasteiger partial charge in [-0.15, -0.1) is 11.3 Å². The van der Waals surface area contributed by atoms with Crippen LogP contribution in [0.3, 0.4) is 0 Å². The van der Waals surface area contributed by atoms with Gasteiger partial charge in [0.2, 0.25) is 0 Å². The van der Waals surface area contributed by atoms with Gasteiger partial charge < -0.3 is 4.57 Å². The number of alkyl halides is 3. The summed E-state index contributed by atoms with van der Waals surface area (Å²) in [6.45, 7) is 0.361. The maximum absolute atomic E-state index is 12.7. The summed E-state index contributed by atoms with van der Waals surface area (Å²) in [5.74, 6) is -1.60. The van der Waals surface area contributed by atoms with Crippen LogP contribution in [0.15, 0.2) is 53.6 Å². The molecule has 0 unspecified atom stereocenters. The molecule has 4 heterocycles. The van der Waals surface area contributed by atoms with E-state index in [1.807, 2.05) is 0 Å². The lowest BCUT2D eigenvalue weighted by Crippen LogP contribution is -2.21. The first-order valence-electron chi connectivity index (χ1n) is 8.14. The largest absolute Gasteiger partial charge is 0.455 e. The van der Waals surface area contributed by atoms with Gasteiger partial charge in [0.15, 0.2) is 5.82 Å². The molecule has 2 aliphatic heterocycles. The van der Waals surface area contributed by atoms with Crippen LogP contribution >= 0.6 is 22.9 Å². The van der Waals surface area contributed by atoms with Crippen LogP contribution in [-0.4, -0.2) is 31.1 Å². The Bertz CT molecular complexity index is 1230. The number of Topliss-reactive ketones (excluding diaryl/α,β-unsaturated/α-hetero) is 1. The Labute approximate surface area is 170 Å². The number of fused-ring (bicyclic) bond motifs is 1. The molecule has 0 aliphatic carbocycles. The summed E-state index contributed by atoms with van der Waals surface area (Å²) < 4.78 is 40.9. The first-order chi connectivity index (χ1) is 13.7. The van der Waals surface area contributed by atoms with Crippen molar-refractivity contribution in [3.8, 4) is 16.5 Å². The molecule has 0 bridgehead atoms.